The molecule has 0 atom stereocenters. The van der Waals surface area contributed by atoms with Crippen molar-refractivity contribution < 1.29 is 18.0 Å². The van der Waals surface area contributed by atoms with Gasteiger partial charge in [-0.15, -0.1) is 0 Å². The van der Waals surface area contributed by atoms with Crippen LogP contribution in [-0.2, 0) is 14.8 Å². The summed E-state index contributed by atoms with van der Waals surface area (Å²) in [5.74, 6) is -0.669. The van der Waals surface area contributed by atoms with Crippen molar-refractivity contribution in [2.24, 2.45) is 0 Å². The molecule has 0 saturated heterocycles. The maximum Gasteiger partial charge on any atom is 0.264 e. The molecular weight excluding hydrogens is 292 g/mol. The van der Waals surface area contributed by atoms with Crippen LogP contribution < -0.4 is 10.5 Å². The van der Waals surface area contributed by atoms with Crippen LogP contribution in [0.4, 0.5) is 5.69 Å². The number of hydrogen-bond acceptors (Lipinski definition) is 5. The molecule has 0 saturated carbocycles. The van der Waals surface area contributed by atoms with E-state index in [4.69, 9.17) is 10.5 Å². The van der Waals surface area contributed by atoms with E-state index in [-0.39, 0.29) is 10.5 Å². The average molecular weight is 306 g/mol. The number of nitrogens with two attached hydrogens (primary N) is 1. The Morgan fingerprint density at radius 3 is 2.00 bits per heavy atom. The summed E-state index contributed by atoms with van der Waals surface area (Å²) < 4.78 is 25.9. The van der Waals surface area contributed by atoms with Crippen molar-refractivity contribution in [1.29, 1.82) is 0 Å². The minimum absolute atomic E-state index is 0.00835. The van der Waals surface area contributed by atoms with Crippen LogP contribution >= 0.6 is 0 Å². The van der Waals surface area contributed by atoms with Crippen molar-refractivity contribution in [2.75, 3.05) is 5.73 Å². The van der Waals surface area contributed by atoms with Crippen LogP contribution in [0.2, 0.25) is 0 Å². The Morgan fingerprint density at radius 2 is 1.48 bits per heavy atom. The molecule has 0 radical (unpaired) electrons. The summed E-state index contributed by atoms with van der Waals surface area (Å²) in [6, 6.07) is 13.7. The van der Waals surface area contributed by atoms with Crippen LogP contribution in [0, 0.1) is 0 Å². The van der Waals surface area contributed by atoms with Crippen LogP contribution in [0.3, 0.4) is 0 Å². The van der Waals surface area contributed by atoms with Gasteiger partial charge in [-0.25, -0.2) is 13.1 Å². The first-order valence-corrected chi connectivity index (χ1v) is 7.24. The van der Waals surface area contributed by atoms with E-state index >= 15 is 0 Å². The van der Waals surface area contributed by atoms with E-state index < -0.39 is 15.9 Å². The van der Waals surface area contributed by atoms with Gasteiger partial charge in [-0.2, -0.15) is 0 Å². The maximum absolute atomic E-state index is 12.0. The Labute approximate surface area is 122 Å². The molecule has 1 amide bonds. The Bertz CT molecular complexity index is 698. The lowest BCUT2D eigenvalue weighted by Crippen LogP contribution is -2.30. The van der Waals surface area contributed by atoms with Crippen molar-refractivity contribution in [1.82, 2.24) is 4.72 Å². The number of sulfonamides is 1. The summed E-state index contributed by atoms with van der Waals surface area (Å²) in [6.07, 6.45) is 0. The van der Waals surface area contributed by atoms with Crippen LogP contribution in [-0.4, -0.2) is 21.1 Å². The van der Waals surface area contributed by atoms with Gasteiger partial charge in [-0.05, 0) is 36.4 Å². The molecule has 0 aliphatic rings. The van der Waals surface area contributed by atoms with E-state index in [1.165, 1.54) is 36.4 Å². The number of hydrogen-bond donors (Lipinski definition) is 2. The fourth-order valence-electron chi connectivity index (χ4n) is 1.48. The van der Waals surface area contributed by atoms with E-state index in [0.717, 1.165) is 0 Å². The van der Waals surface area contributed by atoms with E-state index in [9.17, 15) is 13.2 Å². The molecule has 0 heterocycles. The van der Waals surface area contributed by atoms with Crippen molar-refractivity contribution >= 4 is 28.4 Å². The summed E-state index contributed by atoms with van der Waals surface area (Å²) in [5, 5.41) is 0. The van der Waals surface area contributed by atoms with E-state index in [1.54, 1.807) is 18.2 Å². The van der Waals surface area contributed by atoms with Crippen molar-refractivity contribution in [2.45, 2.75) is 4.90 Å². The number of rotatable bonds is 3. The maximum atomic E-state index is 12.0. The molecule has 2 rings (SSSR count). The van der Waals surface area contributed by atoms with Gasteiger partial charge in [0.25, 0.3) is 15.9 Å². The molecule has 0 aromatic heterocycles. The van der Waals surface area contributed by atoms with Gasteiger partial charge in [-0.3, -0.25) is 4.79 Å². The molecular formula is C14H14N2O4S. The van der Waals surface area contributed by atoms with Crippen molar-refractivity contribution in [3.63, 3.8) is 0 Å². The molecule has 0 spiro atoms. The standard InChI is InChI=1S/C13H12N2O3S.CH2O/c14-11-6-8-12(9-7-11)19(17,18)15-13(16)10-4-2-1-3-5-10;1-2/h1-9H,14H2,(H,15,16);1H2. The van der Waals surface area contributed by atoms with Gasteiger partial charge < -0.3 is 10.5 Å². The normalized spacial score (nSPS) is 10.1. The third kappa shape index (κ3) is 4.43. The predicted octanol–water partition coefficient (Wildman–Crippen LogP) is 1.20. The Kier molecular flexibility index (Phi) is 5.62. The number of nitrogens with one attached hydrogen (secondary N) is 1. The highest BCUT2D eigenvalue weighted by molar-refractivity contribution is 7.90. The lowest BCUT2D eigenvalue weighted by molar-refractivity contribution is -0.0980. The van der Waals surface area contributed by atoms with Crippen molar-refractivity contribution in [3.8, 4) is 0 Å². The lowest BCUT2D eigenvalue weighted by atomic mass is 10.2. The molecule has 6 nitrogen and oxygen atoms in total. The number of carbonyl (C=O) groups is 2. The first-order valence-electron chi connectivity index (χ1n) is 5.76. The van der Waals surface area contributed by atoms with E-state index in [1.807, 2.05) is 11.5 Å². The van der Waals surface area contributed by atoms with Crippen LogP contribution in [0.15, 0.2) is 59.5 Å². The highest BCUT2D eigenvalue weighted by atomic mass is 32.2. The van der Waals surface area contributed by atoms with Crippen LogP contribution in [0.25, 0.3) is 0 Å². The van der Waals surface area contributed by atoms with Gasteiger partial charge >= 0.3 is 0 Å². The molecule has 0 aliphatic carbocycles. The predicted molar refractivity (Wildman–Crippen MR) is 79.1 cm³/mol. The van der Waals surface area contributed by atoms with Gasteiger partial charge in [0.05, 0.1) is 4.90 Å². The molecule has 7 heteroatoms. The summed E-state index contributed by atoms with van der Waals surface area (Å²) in [7, 11) is -3.88. The number of anilines is 1. The summed E-state index contributed by atoms with van der Waals surface area (Å²) in [4.78, 5) is 19.8. The number of carbonyl (C=O) groups excluding carboxylic acids is 2. The van der Waals surface area contributed by atoms with Gasteiger partial charge in [0.1, 0.15) is 6.79 Å². The SMILES string of the molecule is C=O.Nc1ccc(S(=O)(=O)NC(=O)c2ccccc2)cc1. The fourth-order valence-corrected chi connectivity index (χ4v) is 2.45. The summed E-state index contributed by atoms with van der Waals surface area (Å²) in [6.45, 7) is 2.00. The highest BCUT2D eigenvalue weighted by Crippen LogP contribution is 2.12. The molecule has 0 aliphatic heterocycles. The summed E-state index contributed by atoms with van der Waals surface area (Å²) >= 11 is 0. The Morgan fingerprint density at radius 1 is 0.952 bits per heavy atom. The third-order valence-electron chi connectivity index (χ3n) is 2.45. The Hall–Kier alpha value is -2.67. The minimum atomic E-state index is -3.88. The second-order valence-electron chi connectivity index (χ2n) is 3.87. The first-order chi connectivity index (χ1) is 9.99. The van der Waals surface area contributed by atoms with Crippen LogP contribution in [0.5, 0.6) is 0 Å². The molecule has 2 aromatic carbocycles. The highest BCUT2D eigenvalue weighted by Gasteiger charge is 2.18. The van der Waals surface area contributed by atoms with E-state index in [0.29, 0.717) is 5.69 Å². The zero-order valence-electron chi connectivity index (χ0n) is 11.0. The second-order valence-corrected chi connectivity index (χ2v) is 5.55. The monoisotopic (exact) mass is 306 g/mol. The van der Waals surface area contributed by atoms with E-state index in [2.05, 4.69) is 0 Å². The smallest absolute Gasteiger partial charge is 0.264 e. The Balaban J connectivity index is 0.00000106. The fraction of sp³-hybridized carbons (Fsp3) is 0. The molecule has 0 bridgehead atoms. The largest absolute Gasteiger partial charge is 0.399 e. The summed E-state index contributed by atoms with van der Waals surface area (Å²) in [5.41, 5.74) is 6.21. The van der Waals surface area contributed by atoms with Gasteiger partial charge in [0.2, 0.25) is 0 Å². The molecule has 3 N–H and O–H groups in total. The molecule has 0 fully saturated rings. The third-order valence-corrected chi connectivity index (χ3v) is 3.80. The number of nitrogen functional groups attached to an aromatic ring is 1. The second kappa shape index (κ2) is 7.20. The lowest BCUT2D eigenvalue weighted by Gasteiger charge is -2.07. The van der Waals surface area contributed by atoms with Gasteiger partial charge in [0.15, 0.2) is 0 Å². The molecule has 0 unspecified atom stereocenters. The van der Waals surface area contributed by atoms with Gasteiger partial charge in [0, 0.05) is 11.3 Å². The zero-order valence-corrected chi connectivity index (χ0v) is 11.8. The molecule has 2 aromatic rings. The first kappa shape index (κ1) is 16.4. The molecule has 21 heavy (non-hydrogen) atoms. The number of amides is 1. The topological polar surface area (TPSA) is 106 Å². The molecule has 110 valence electrons. The number of benzene rings is 2. The van der Waals surface area contributed by atoms with Crippen LogP contribution in [0.1, 0.15) is 10.4 Å². The average Bonchev–Trinajstić information content (AvgIpc) is 2.50. The van der Waals surface area contributed by atoms with Gasteiger partial charge in [-0.1, -0.05) is 18.2 Å². The quantitative estimate of drug-likeness (QED) is 0.829. The minimum Gasteiger partial charge on any atom is -0.399 e. The van der Waals surface area contributed by atoms with Crippen molar-refractivity contribution in [3.05, 3.63) is 60.2 Å². The zero-order chi connectivity index (χ0) is 15.9.